The summed E-state index contributed by atoms with van der Waals surface area (Å²) in [5, 5.41) is 8.98. The molecule has 18 heavy (non-hydrogen) atoms. The second kappa shape index (κ2) is 5.62. The Morgan fingerprint density at radius 1 is 1.33 bits per heavy atom. The lowest BCUT2D eigenvalue weighted by Crippen LogP contribution is -2.43. The van der Waals surface area contributed by atoms with Crippen molar-refractivity contribution < 1.29 is 0 Å². The van der Waals surface area contributed by atoms with Crippen molar-refractivity contribution in [1.29, 1.82) is 0 Å². The molecule has 102 valence electrons. The Hall–Kier alpha value is -0.540. The number of aryl methyl sites for hydroxylation is 2. The first kappa shape index (κ1) is 13.9. The van der Waals surface area contributed by atoms with Gasteiger partial charge in [-0.3, -0.25) is 4.68 Å². The van der Waals surface area contributed by atoms with Gasteiger partial charge in [0.15, 0.2) is 0 Å². The first-order valence-electron chi connectivity index (χ1n) is 7.02. The lowest BCUT2D eigenvalue weighted by Gasteiger charge is -2.34. The van der Waals surface area contributed by atoms with Gasteiger partial charge in [0.05, 0.1) is 16.4 Å². The van der Waals surface area contributed by atoms with E-state index in [0.29, 0.717) is 0 Å². The van der Waals surface area contributed by atoms with Gasteiger partial charge in [-0.2, -0.15) is 5.10 Å². The van der Waals surface area contributed by atoms with Crippen LogP contribution in [-0.4, -0.2) is 15.3 Å². The Balaban J connectivity index is 2.05. The zero-order valence-electron chi connectivity index (χ0n) is 11.7. The van der Waals surface area contributed by atoms with Gasteiger partial charge < -0.3 is 5.32 Å². The molecule has 0 saturated heterocycles. The Labute approximate surface area is 115 Å². The van der Waals surface area contributed by atoms with Crippen LogP contribution in [0.5, 0.6) is 0 Å². The number of aromatic nitrogens is 2. The summed E-state index contributed by atoms with van der Waals surface area (Å²) in [7, 11) is 0. The molecule has 0 spiro atoms. The molecule has 0 atom stereocenters. The second-order valence-corrected chi connectivity index (χ2v) is 6.01. The third-order valence-corrected chi connectivity index (χ3v) is 4.58. The van der Waals surface area contributed by atoms with E-state index in [2.05, 4.69) is 24.3 Å². The highest BCUT2D eigenvalue weighted by Gasteiger charge is 2.26. The molecule has 3 nitrogen and oxygen atoms in total. The molecule has 1 aromatic rings. The third-order valence-electron chi connectivity index (χ3n) is 4.09. The standard InChI is InChI=1S/C14H24ClN3/c1-4-18-12(13(15)11(2)17-18)10-16-14(3)8-6-5-7-9-14/h16H,4-10H2,1-3H3. The molecule has 1 aromatic heterocycles. The van der Waals surface area contributed by atoms with E-state index >= 15 is 0 Å². The number of halogens is 1. The van der Waals surface area contributed by atoms with Gasteiger partial charge in [-0.05, 0) is 33.6 Å². The van der Waals surface area contributed by atoms with Crippen LogP contribution < -0.4 is 5.32 Å². The average molecular weight is 270 g/mol. The maximum Gasteiger partial charge on any atom is 0.0860 e. The third kappa shape index (κ3) is 2.89. The van der Waals surface area contributed by atoms with Gasteiger partial charge in [-0.25, -0.2) is 0 Å². The Bertz CT molecular complexity index is 405. The van der Waals surface area contributed by atoms with Crippen LogP contribution in [0.15, 0.2) is 0 Å². The first-order chi connectivity index (χ1) is 8.56. The molecule has 1 heterocycles. The van der Waals surface area contributed by atoms with Crippen molar-refractivity contribution >= 4 is 11.6 Å². The minimum atomic E-state index is 0.276. The molecule has 0 aliphatic heterocycles. The lowest BCUT2D eigenvalue weighted by molar-refractivity contribution is 0.250. The van der Waals surface area contributed by atoms with Crippen LogP contribution in [0.1, 0.15) is 57.3 Å². The summed E-state index contributed by atoms with van der Waals surface area (Å²) in [6.07, 6.45) is 6.59. The van der Waals surface area contributed by atoms with Crippen molar-refractivity contribution in [2.24, 2.45) is 0 Å². The van der Waals surface area contributed by atoms with Crippen molar-refractivity contribution in [2.45, 2.75) is 71.5 Å². The summed E-state index contributed by atoms with van der Waals surface area (Å²) in [6.45, 7) is 8.11. The van der Waals surface area contributed by atoms with Crippen LogP contribution in [-0.2, 0) is 13.1 Å². The second-order valence-electron chi connectivity index (χ2n) is 5.64. The molecular weight excluding hydrogens is 246 g/mol. The molecule has 1 N–H and O–H groups in total. The summed E-state index contributed by atoms with van der Waals surface area (Å²) < 4.78 is 2.01. The molecule has 1 saturated carbocycles. The monoisotopic (exact) mass is 269 g/mol. The maximum atomic E-state index is 6.33. The highest BCUT2D eigenvalue weighted by molar-refractivity contribution is 6.31. The van der Waals surface area contributed by atoms with E-state index in [-0.39, 0.29) is 5.54 Å². The summed E-state index contributed by atoms with van der Waals surface area (Å²) in [5.41, 5.74) is 2.34. The molecule has 0 radical (unpaired) electrons. The van der Waals surface area contributed by atoms with Crippen molar-refractivity contribution in [2.75, 3.05) is 0 Å². The fraction of sp³-hybridized carbons (Fsp3) is 0.786. The zero-order chi connectivity index (χ0) is 13.2. The molecule has 4 heteroatoms. The van der Waals surface area contributed by atoms with E-state index in [9.17, 15) is 0 Å². The molecule has 0 unspecified atom stereocenters. The average Bonchev–Trinajstić information content (AvgIpc) is 2.64. The van der Waals surface area contributed by atoms with E-state index in [1.54, 1.807) is 0 Å². The minimum Gasteiger partial charge on any atom is -0.306 e. The SMILES string of the molecule is CCn1nc(C)c(Cl)c1CNC1(C)CCCCC1. The van der Waals surface area contributed by atoms with Crippen LogP contribution >= 0.6 is 11.6 Å². The van der Waals surface area contributed by atoms with Crippen molar-refractivity contribution in [3.63, 3.8) is 0 Å². The van der Waals surface area contributed by atoms with Crippen molar-refractivity contribution in [1.82, 2.24) is 15.1 Å². The Morgan fingerprint density at radius 3 is 2.61 bits per heavy atom. The van der Waals surface area contributed by atoms with Gasteiger partial charge in [-0.15, -0.1) is 0 Å². The summed E-state index contributed by atoms with van der Waals surface area (Å²) in [6, 6.07) is 0. The number of hydrogen-bond acceptors (Lipinski definition) is 2. The maximum absolute atomic E-state index is 6.33. The van der Waals surface area contributed by atoms with E-state index in [0.717, 1.165) is 29.5 Å². The van der Waals surface area contributed by atoms with Crippen LogP contribution in [0, 0.1) is 6.92 Å². The van der Waals surface area contributed by atoms with Gasteiger partial charge in [-0.1, -0.05) is 30.9 Å². The lowest BCUT2D eigenvalue weighted by atomic mass is 9.83. The number of nitrogens with zero attached hydrogens (tertiary/aromatic N) is 2. The fourth-order valence-corrected chi connectivity index (χ4v) is 3.05. The number of nitrogens with one attached hydrogen (secondary N) is 1. The predicted octanol–water partition coefficient (Wildman–Crippen LogP) is 3.68. The Kier molecular flexibility index (Phi) is 4.33. The van der Waals surface area contributed by atoms with Crippen LogP contribution in [0.2, 0.25) is 5.02 Å². The Morgan fingerprint density at radius 2 is 2.00 bits per heavy atom. The normalized spacial score (nSPS) is 19.1. The summed E-state index contributed by atoms with van der Waals surface area (Å²) in [4.78, 5) is 0. The van der Waals surface area contributed by atoms with Crippen LogP contribution in [0.4, 0.5) is 0 Å². The zero-order valence-corrected chi connectivity index (χ0v) is 12.5. The van der Waals surface area contributed by atoms with Crippen LogP contribution in [0.25, 0.3) is 0 Å². The topological polar surface area (TPSA) is 29.9 Å². The molecular formula is C14H24ClN3. The fourth-order valence-electron chi connectivity index (χ4n) is 2.84. The predicted molar refractivity (Wildman–Crippen MR) is 76.0 cm³/mol. The van der Waals surface area contributed by atoms with E-state index in [1.807, 2.05) is 11.6 Å². The van der Waals surface area contributed by atoms with Gasteiger partial charge in [0.1, 0.15) is 0 Å². The molecule has 0 aromatic carbocycles. The van der Waals surface area contributed by atoms with E-state index in [1.165, 1.54) is 32.1 Å². The van der Waals surface area contributed by atoms with Crippen molar-refractivity contribution in [3.8, 4) is 0 Å². The largest absolute Gasteiger partial charge is 0.306 e. The molecule has 1 aliphatic rings. The van der Waals surface area contributed by atoms with Crippen LogP contribution in [0.3, 0.4) is 0 Å². The van der Waals surface area contributed by atoms with Crippen molar-refractivity contribution in [3.05, 3.63) is 16.4 Å². The summed E-state index contributed by atoms with van der Waals surface area (Å²) >= 11 is 6.33. The molecule has 0 bridgehead atoms. The first-order valence-corrected chi connectivity index (χ1v) is 7.40. The minimum absolute atomic E-state index is 0.276. The number of hydrogen-bond donors (Lipinski definition) is 1. The van der Waals surface area contributed by atoms with Gasteiger partial charge in [0.25, 0.3) is 0 Å². The molecule has 1 fully saturated rings. The van der Waals surface area contributed by atoms with E-state index < -0.39 is 0 Å². The highest BCUT2D eigenvalue weighted by atomic mass is 35.5. The van der Waals surface area contributed by atoms with E-state index in [4.69, 9.17) is 11.6 Å². The van der Waals surface area contributed by atoms with Gasteiger partial charge >= 0.3 is 0 Å². The summed E-state index contributed by atoms with van der Waals surface area (Å²) in [5.74, 6) is 0. The quantitative estimate of drug-likeness (QED) is 0.904. The molecule has 1 aliphatic carbocycles. The molecule has 2 rings (SSSR count). The van der Waals surface area contributed by atoms with Gasteiger partial charge in [0, 0.05) is 18.6 Å². The number of rotatable bonds is 4. The molecule has 0 amide bonds. The van der Waals surface area contributed by atoms with Gasteiger partial charge in [0.2, 0.25) is 0 Å². The smallest absolute Gasteiger partial charge is 0.0860 e. The highest BCUT2D eigenvalue weighted by Crippen LogP contribution is 2.28.